The lowest BCUT2D eigenvalue weighted by molar-refractivity contribution is 0.228. The molecule has 206 valence electrons. The van der Waals surface area contributed by atoms with Crippen LogP contribution in [-0.2, 0) is 15.4 Å². The molecule has 4 aromatic rings. The number of ether oxygens (including phenoxy) is 1. The average Bonchev–Trinajstić information content (AvgIpc) is 3.33. The Hall–Kier alpha value is -4.13. The number of aromatic nitrogens is 4. The first-order valence-corrected chi connectivity index (χ1v) is 13.4. The smallest absolute Gasteiger partial charge is 0.355 e. The molecule has 2 aromatic carbocycles. The number of rotatable bonds is 9. The molecular formula is C26H27F3N6O3S. The van der Waals surface area contributed by atoms with Gasteiger partial charge in [-0.05, 0) is 36.8 Å². The summed E-state index contributed by atoms with van der Waals surface area (Å²) in [5, 5.41) is 10.1. The highest BCUT2D eigenvalue weighted by Gasteiger charge is 2.26. The largest absolute Gasteiger partial charge is 0.484 e. The van der Waals surface area contributed by atoms with Gasteiger partial charge < -0.3 is 10.1 Å². The van der Waals surface area contributed by atoms with Crippen LogP contribution in [0.2, 0.25) is 0 Å². The highest BCUT2D eigenvalue weighted by molar-refractivity contribution is 7.93. The van der Waals surface area contributed by atoms with Gasteiger partial charge in [0.25, 0.3) is 10.0 Å². The number of halogens is 3. The van der Waals surface area contributed by atoms with Gasteiger partial charge in [0, 0.05) is 17.0 Å². The Morgan fingerprint density at radius 3 is 2.31 bits per heavy atom. The fourth-order valence-electron chi connectivity index (χ4n) is 3.51. The molecule has 0 saturated heterocycles. The number of hydrogen-bond donors (Lipinski definition) is 3. The molecule has 0 radical (unpaired) electrons. The first-order chi connectivity index (χ1) is 18.3. The van der Waals surface area contributed by atoms with Crippen LogP contribution in [0, 0.1) is 5.82 Å². The topological polar surface area (TPSA) is 122 Å². The third-order valence-corrected chi connectivity index (χ3v) is 6.65. The van der Waals surface area contributed by atoms with Crippen molar-refractivity contribution in [2.45, 2.75) is 45.0 Å². The van der Waals surface area contributed by atoms with Gasteiger partial charge in [-0.2, -0.15) is 13.9 Å². The Morgan fingerprint density at radius 2 is 1.69 bits per heavy atom. The zero-order chi connectivity index (χ0) is 28.4. The van der Waals surface area contributed by atoms with Gasteiger partial charge in [-0.1, -0.05) is 39.0 Å². The third kappa shape index (κ3) is 6.85. The van der Waals surface area contributed by atoms with E-state index in [-0.39, 0.29) is 16.9 Å². The lowest BCUT2D eigenvalue weighted by Gasteiger charge is -2.19. The molecule has 0 aliphatic heterocycles. The zero-order valence-electron chi connectivity index (χ0n) is 21.5. The molecule has 0 bridgehead atoms. The molecule has 0 fully saturated rings. The van der Waals surface area contributed by atoms with E-state index in [0.717, 1.165) is 5.69 Å². The summed E-state index contributed by atoms with van der Waals surface area (Å²) < 4.78 is 71.0. The van der Waals surface area contributed by atoms with Crippen molar-refractivity contribution in [3.8, 4) is 17.0 Å². The monoisotopic (exact) mass is 560 g/mol. The molecule has 3 N–H and O–H groups in total. The summed E-state index contributed by atoms with van der Waals surface area (Å²) in [6.07, 6.45) is 2.62. The Balaban J connectivity index is 1.61. The fourth-order valence-corrected chi connectivity index (χ4v) is 4.07. The van der Waals surface area contributed by atoms with E-state index in [1.54, 1.807) is 25.4 Å². The van der Waals surface area contributed by atoms with E-state index in [1.807, 2.05) is 25.5 Å². The van der Waals surface area contributed by atoms with Crippen molar-refractivity contribution >= 4 is 27.3 Å². The zero-order valence-corrected chi connectivity index (χ0v) is 22.4. The minimum atomic E-state index is -4.96. The van der Waals surface area contributed by atoms with E-state index in [0.29, 0.717) is 28.5 Å². The molecule has 39 heavy (non-hydrogen) atoms. The van der Waals surface area contributed by atoms with Gasteiger partial charge in [-0.3, -0.25) is 14.8 Å². The number of sulfonamides is 1. The summed E-state index contributed by atoms with van der Waals surface area (Å²) in [6.45, 7) is 7.76. The summed E-state index contributed by atoms with van der Waals surface area (Å²) >= 11 is 0. The normalized spacial score (nSPS) is 12.8. The van der Waals surface area contributed by atoms with Crippen molar-refractivity contribution < 1.29 is 26.3 Å². The summed E-state index contributed by atoms with van der Waals surface area (Å²) in [4.78, 5) is 8.79. The van der Waals surface area contributed by atoms with E-state index in [4.69, 9.17) is 4.74 Å². The summed E-state index contributed by atoms with van der Waals surface area (Å²) in [7, 11) is -4.96. The van der Waals surface area contributed by atoms with Gasteiger partial charge in [0.1, 0.15) is 23.5 Å². The van der Waals surface area contributed by atoms with Gasteiger partial charge in [0.2, 0.25) is 0 Å². The van der Waals surface area contributed by atoms with Crippen molar-refractivity contribution in [2.24, 2.45) is 0 Å². The number of aromatic amines is 1. The van der Waals surface area contributed by atoms with Gasteiger partial charge in [0.05, 0.1) is 29.5 Å². The van der Waals surface area contributed by atoms with Gasteiger partial charge in [-0.25, -0.2) is 17.8 Å². The van der Waals surface area contributed by atoms with Gasteiger partial charge >= 0.3 is 5.76 Å². The average molecular weight is 561 g/mol. The molecular weight excluding hydrogens is 533 g/mol. The van der Waals surface area contributed by atoms with Crippen LogP contribution < -0.4 is 14.8 Å². The number of anilines is 3. The quantitative estimate of drug-likeness (QED) is 0.224. The van der Waals surface area contributed by atoms with Crippen molar-refractivity contribution in [2.75, 3.05) is 10.0 Å². The van der Waals surface area contributed by atoms with Crippen LogP contribution in [0.3, 0.4) is 0 Å². The molecule has 0 spiro atoms. The predicted molar refractivity (Wildman–Crippen MR) is 142 cm³/mol. The van der Waals surface area contributed by atoms with Gasteiger partial charge in [-0.15, -0.1) is 0 Å². The van der Waals surface area contributed by atoms with Crippen LogP contribution in [0.1, 0.15) is 45.1 Å². The second kappa shape index (κ2) is 10.9. The maximum absolute atomic E-state index is 13.3. The minimum absolute atomic E-state index is 0.0127. The Morgan fingerprint density at radius 1 is 0.974 bits per heavy atom. The molecule has 13 heteroatoms. The number of alkyl halides is 2. The SMILES string of the molecule is C[C@H](Oc1cc(-c2cc(Nc3cnc(C(C)(C)C)cn3)n[nH]2)ccc1NS(=O)(=O)C(F)F)c1ccc(F)cc1. The first kappa shape index (κ1) is 27.9. The van der Waals surface area contributed by atoms with E-state index in [2.05, 4.69) is 25.5 Å². The van der Waals surface area contributed by atoms with E-state index in [9.17, 15) is 21.6 Å². The molecule has 2 aromatic heterocycles. The van der Waals surface area contributed by atoms with Crippen LogP contribution >= 0.6 is 0 Å². The van der Waals surface area contributed by atoms with E-state index >= 15 is 0 Å². The van der Waals surface area contributed by atoms with Crippen LogP contribution in [0.25, 0.3) is 11.3 Å². The maximum Gasteiger partial charge on any atom is 0.355 e. The first-order valence-electron chi connectivity index (χ1n) is 11.8. The number of nitrogens with one attached hydrogen (secondary N) is 3. The lowest BCUT2D eigenvalue weighted by Crippen LogP contribution is -2.21. The van der Waals surface area contributed by atoms with Crippen LogP contribution in [0.4, 0.5) is 30.5 Å². The lowest BCUT2D eigenvalue weighted by atomic mass is 9.93. The number of H-pyrrole nitrogens is 1. The number of hydrogen-bond acceptors (Lipinski definition) is 7. The van der Waals surface area contributed by atoms with Crippen LogP contribution in [-0.4, -0.2) is 34.3 Å². The Kier molecular flexibility index (Phi) is 7.82. The highest BCUT2D eigenvalue weighted by Crippen LogP contribution is 2.35. The van der Waals surface area contributed by atoms with Crippen LogP contribution in [0.15, 0.2) is 60.9 Å². The molecule has 0 aliphatic carbocycles. The van der Waals surface area contributed by atoms with Crippen LogP contribution in [0.5, 0.6) is 5.75 Å². The molecule has 0 aliphatic rings. The van der Waals surface area contributed by atoms with E-state index in [1.165, 1.54) is 42.5 Å². The molecule has 1 atom stereocenters. The second-order valence-corrected chi connectivity index (χ2v) is 11.4. The molecule has 0 amide bonds. The van der Waals surface area contributed by atoms with Crippen molar-refractivity contribution in [3.63, 3.8) is 0 Å². The summed E-state index contributed by atoms with van der Waals surface area (Å²) in [6, 6.07) is 11.5. The molecule has 2 heterocycles. The van der Waals surface area contributed by atoms with Gasteiger partial charge in [0.15, 0.2) is 5.82 Å². The molecule has 9 nitrogen and oxygen atoms in total. The maximum atomic E-state index is 13.3. The second-order valence-electron chi connectivity index (χ2n) is 9.76. The standard InChI is InChI=1S/C26H27F3N6O3S/c1-15(16-5-8-18(27)9-6-16)38-21-11-17(7-10-19(21)35-39(36,37)25(28)29)20-12-23(34-33-20)32-24-14-30-22(13-31-24)26(2,3)4/h5-15,25,35H,1-4H3,(H2,31,32,33,34)/t15-/m0/s1. The summed E-state index contributed by atoms with van der Waals surface area (Å²) in [5.41, 5.74) is 2.16. The molecule has 4 rings (SSSR count). The summed E-state index contributed by atoms with van der Waals surface area (Å²) in [5.74, 6) is -3.16. The molecule has 0 unspecified atom stereocenters. The predicted octanol–water partition coefficient (Wildman–Crippen LogP) is 6.15. The number of nitrogens with zero attached hydrogens (tertiary/aromatic N) is 3. The molecule has 0 saturated carbocycles. The minimum Gasteiger partial charge on any atom is -0.484 e. The Labute approximate surface area is 223 Å². The highest BCUT2D eigenvalue weighted by atomic mass is 32.2. The third-order valence-electron chi connectivity index (χ3n) is 5.68. The van der Waals surface area contributed by atoms with Crippen molar-refractivity contribution in [3.05, 3.63) is 78.0 Å². The Bertz CT molecular complexity index is 1540. The van der Waals surface area contributed by atoms with Crippen molar-refractivity contribution in [1.82, 2.24) is 20.2 Å². The fraction of sp³-hybridized carbons (Fsp3) is 0.269. The van der Waals surface area contributed by atoms with Crippen molar-refractivity contribution in [1.29, 1.82) is 0 Å². The number of benzene rings is 2. The van der Waals surface area contributed by atoms with E-state index < -0.39 is 27.7 Å².